The van der Waals surface area contributed by atoms with Gasteiger partial charge in [0.2, 0.25) is 10.0 Å². The third-order valence-corrected chi connectivity index (χ3v) is 6.01. The molecule has 0 spiro atoms. The van der Waals surface area contributed by atoms with Gasteiger partial charge in [-0.15, -0.1) is 0 Å². The molecule has 0 aromatic heterocycles. The Kier molecular flexibility index (Phi) is 6.73. The first-order chi connectivity index (χ1) is 10.9. The molecule has 0 saturated heterocycles. The van der Waals surface area contributed by atoms with Gasteiger partial charge in [0.1, 0.15) is 5.82 Å². The molecule has 0 bridgehead atoms. The van der Waals surface area contributed by atoms with Gasteiger partial charge in [-0.3, -0.25) is 0 Å². The summed E-state index contributed by atoms with van der Waals surface area (Å²) in [5.41, 5.74) is 0.947. The summed E-state index contributed by atoms with van der Waals surface area (Å²) in [6.07, 6.45) is 0. The molecule has 1 N–H and O–H groups in total. The zero-order valence-corrected chi connectivity index (χ0v) is 15.1. The van der Waals surface area contributed by atoms with Crippen LogP contribution in [0.15, 0.2) is 47.4 Å². The molecule has 0 amide bonds. The molecular weight excluding hydrogens is 380 g/mol. The highest BCUT2D eigenvalue weighted by molar-refractivity contribution is 7.98. The molecule has 2 rings (SSSR count). The smallest absolute Gasteiger partial charge is 0.210 e. The van der Waals surface area contributed by atoms with Gasteiger partial charge in [0.15, 0.2) is 0 Å². The summed E-state index contributed by atoms with van der Waals surface area (Å²) in [5, 5.41) is 1.17. The Morgan fingerprint density at radius 1 is 1.09 bits per heavy atom. The Morgan fingerprint density at radius 3 is 2.43 bits per heavy atom. The van der Waals surface area contributed by atoms with Crippen LogP contribution in [0, 0.1) is 5.82 Å². The van der Waals surface area contributed by atoms with E-state index in [0.717, 1.165) is 17.7 Å². The van der Waals surface area contributed by atoms with E-state index in [1.807, 2.05) is 6.07 Å². The van der Waals surface area contributed by atoms with Gasteiger partial charge in [-0.25, -0.2) is 17.5 Å². The molecule has 8 heteroatoms. The molecule has 0 aliphatic heterocycles. The van der Waals surface area contributed by atoms with Gasteiger partial charge >= 0.3 is 0 Å². The van der Waals surface area contributed by atoms with Gasteiger partial charge in [-0.2, -0.15) is 11.8 Å². The molecular formula is C15H14Cl2FNO2S2. The van der Waals surface area contributed by atoms with Gasteiger partial charge in [0.25, 0.3) is 0 Å². The summed E-state index contributed by atoms with van der Waals surface area (Å²) in [6, 6.07) is 9.99. The number of nitrogens with one attached hydrogen (secondary N) is 1. The highest BCUT2D eigenvalue weighted by Gasteiger charge is 2.13. The summed E-state index contributed by atoms with van der Waals surface area (Å²) in [5.74, 6) is 0.771. The Balaban J connectivity index is 1.79. The largest absolute Gasteiger partial charge is 0.240 e. The summed E-state index contributed by atoms with van der Waals surface area (Å²) in [7, 11) is -3.61. The number of halogens is 3. The van der Waals surface area contributed by atoms with E-state index in [0.29, 0.717) is 21.6 Å². The molecule has 0 saturated carbocycles. The normalized spacial score (nSPS) is 11.6. The van der Waals surface area contributed by atoms with Crippen LogP contribution in [-0.2, 0) is 15.8 Å². The first kappa shape index (κ1) is 18.5. The molecule has 0 aliphatic rings. The minimum atomic E-state index is -3.61. The molecule has 0 aliphatic carbocycles. The molecule has 0 unspecified atom stereocenters. The summed E-state index contributed by atoms with van der Waals surface area (Å²) in [6.45, 7) is 0.273. The Hall–Kier alpha value is -0.790. The quantitative estimate of drug-likeness (QED) is 0.711. The second-order valence-corrected chi connectivity index (χ2v) is 8.36. The van der Waals surface area contributed by atoms with Crippen molar-refractivity contribution in [1.82, 2.24) is 4.72 Å². The Labute approximate surface area is 149 Å². The second-order valence-electron chi connectivity index (χ2n) is 4.64. The van der Waals surface area contributed by atoms with Crippen LogP contribution in [0.25, 0.3) is 0 Å². The highest BCUT2D eigenvalue weighted by atomic mass is 35.5. The predicted octanol–water partition coefficient (Wildman–Crippen LogP) is 4.34. The van der Waals surface area contributed by atoms with Crippen molar-refractivity contribution >= 4 is 45.0 Å². The lowest BCUT2D eigenvalue weighted by molar-refractivity contribution is 0.583. The zero-order valence-electron chi connectivity index (χ0n) is 11.9. The fourth-order valence-corrected chi connectivity index (χ4v) is 4.34. The molecule has 124 valence electrons. The zero-order chi connectivity index (χ0) is 16.9. The lowest BCUT2D eigenvalue weighted by Gasteiger charge is -2.07. The Morgan fingerprint density at radius 2 is 1.78 bits per heavy atom. The van der Waals surface area contributed by atoms with E-state index in [9.17, 15) is 12.8 Å². The van der Waals surface area contributed by atoms with E-state index < -0.39 is 15.8 Å². The molecule has 3 nitrogen and oxygen atoms in total. The first-order valence-electron chi connectivity index (χ1n) is 6.65. The van der Waals surface area contributed by atoms with Crippen LogP contribution in [0.5, 0.6) is 0 Å². The van der Waals surface area contributed by atoms with Gasteiger partial charge in [0, 0.05) is 28.1 Å². The lowest BCUT2D eigenvalue weighted by Crippen LogP contribution is -2.26. The average Bonchev–Trinajstić information content (AvgIpc) is 2.49. The first-order valence-corrected chi connectivity index (χ1v) is 10.0. The predicted molar refractivity (Wildman–Crippen MR) is 94.2 cm³/mol. The van der Waals surface area contributed by atoms with Crippen LogP contribution < -0.4 is 4.72 Å². The maximum Gasteiger partial charge on any atom is 0.240 e. The van der Waals surface area contributed by atoms with Gasteiger partial charge in [-0.1, -0.05) is 29.3 Å². The highest BCUT2D eigenvalue weighted by Crippen LogP contribution is 2.24. The van der Waals surface area contributed by atoms with Crippen molar-refractivity contribution in [1.29, 1.82) is 0 Å². The summed E-state index contributed by atoms with van der Waals surface area (Å²) in [4.78, 5) is 0.0460. The summed E-state index contributed by atoms with van der Waals surface area (Å²) < 4.78 is 39.3. The van der Waals surface area contributed by atoms with Crippen LogP contribution in [-0.4, -0.2) is 20.7 Å². The third-order valence-electron chi connectivity index (χ3n) is 2.94. The molecule has 0 radical (unpaired) electrons. The SMILES string of the molecule is O=S(=O)(NCCSCc1ccc(Cl)cc1Cl)c1ccc(F)cc1. The van der Waals surface area contributed by atoms with Crippen LogP contribution in [0.3, 0.4) is 0 Å². The van der Waals surface area contributed by atoms with Crippen LogP contribution >= 0.6 is 35.0 Å². The number of hydrogen-bond acceptors (Lipinski definition) is 3. The number of sulfonamides is 1. The van der Waals surface area contributed by atoms with Gasteiger partial charge in [-0.05, 0) is 42.0 Å². The van der Waals surface area contributed by atoms with E-state index >= 15 is 0 Å². The van der Waals surface area contributed by atoms with E-state index in [-0.39, 0.29) is 11.4 Å². The van der Waals surface area contributed by atoms with Crippen molar-refractivity contribution < 1.29 is 12.8 Å². The minimum absolute atomic E-state index is 0.0460. The standard InChI is InChI=1S/C15H14Cl2FNO2S2/c16-12-2-1-11(15(17)9-12)10-22-8-7-19-23(20,21)14-5-3-13(18)4-6-14/h1-6,9,19H,7-8,10H2. The molecule has 0 heterocycles. The molecule has 0 fully saturated rings. The average molecular weight is 394 g/mol. The van der Waals surface area contributed by atoms with E-state index in [4.69, 9.17) is 23.2 Å². The van der Waals surface area contributed by atoms with Crippen LogP contribution in [0.4, 0.5) is 4.39 Å². The van der Waals surface area contributed by atoms with E-state index in [2.05, 4.69) is 4.72 Å². The maximum atomic E-state index is 12.8. The topological polar surface area (TPSA) is 46.2 Å². The number of rotatable bonds is 7. The maximum absolute atomic E-state index is 12.8. The van der Waals surface area contributed by atoms with Crippen molar-refractivity contribution in [2.75, 3.05) is 12.3 Å². The van der Waals surface area contributed by atoms with Crippen LogP contribution in [0.1, 0.15) is 5.56 Å². The number of thioether (sulfide) groups is 1. The molecule has 2 aromatic carbocycles. The molecule has 0 atom stereocenters. The fourth-order valence-electron chi connectivity index (χ4n) is 1.77. The fraction of sp³-hybridized carbons (Fsp3) is 0.200. The summed E-state index contributed by atoms with van der Waals surface area (Å²) >= 11 is 13.4. The van der Waals surface area contributed by atoms with Crippen LogP contribution in [0.2, 0.25) is 10.0 Å². The van der Waals surface area contributed by atoms with Crippen molar-refractivity contribution in [3.05, 3.63) is 63.9 Å². The van der Waals surface area contributed by atoms with Crippen molar-refractivity contribution in [3.8, 4) is 0 Å². The number of benzene rings is 2. The monoisotopic (exact) mass is 393 g/mol. The lowest BCUT2D eigenvalue weighted by atomic mass is 10.2. The van der Waals surface area contributed by atoms with Gasteiger partial charge in [0.05, 0.1) is 4.90 Å². The van der Waals surface area contributed by atoms with Crippen molar-refractivity contribution in [2.45, 2.75) is 10.6 Å². The Bertz CT molecular complexity index is 768. The van der Waals surface area contributed by atoms with E-state index in [1.54, 1.807) is 23.9 Å². The van der Waals surface area contributed by atoms with E-state index in [1.165, 1.54) is 12.1 Å². The number of hydrogen-bond donors (Lipinski definition) is 1. The second kappa shape index (κ2) is 8.35. The molecule has 23 heavy (non-hydrogen) atoms. The van der Waals surface area contributed by atoms with Gasteiger partial charge < -0.3 is 0 Å². The van der Waals surface area contributed by atoms with Crippen molar-refractivity contribution in [2.24, 2.45) is 0 Å². The minimum Gasteiger partial charge on any atom is -0.210 e. The third kappa shape index (κ3) is 5.65. The van der Waals surface area contributed by atoms with Crippen molar-refractivity contribution in [3.63, 3.8) is 0 Å². The molecule has 2 aromatic rings.